The van der Waals surface area contributed by atoms with Gasteiger partial charge in [-0.2, -0.15) is 10.2 Å². The molecule has 0 amide bonds. The van der Waals surface area contributed by atoms with Gasteiger partial charge in [0.05, 0.1) is 23.1 Å². The number of hydrogen-bond acceptors (Lipinski definition) is 3. The summed E-state index contributed by atoms with van der Waals surface area (Å²) in [6.07, 6.45) is 3.99. The molecule has 0 aliphatic heterocycles. The van der Waals surface area contributed by atoms with Crippen molar-refractivity contribution in [3.8, 4) is 11.3 Å². The molecule has 0 aliphatic carbocycles. The van der Waals surface area contributed by atoms with E-state index in [-0.39, 0.29) is 11.1 Å². The van der Waals surface area contributed by atoms with Gasteiger partial charge in [0.1, 0.15) is 0 Å². The summed E-state index contributed by atoms with van der Waals surface area (Å²) in [7, 11) is 0. The van der Waals surface area contributed by atoms with Crippen LogP contribution in [0, 0.1) is 6.92 Å². The Morgan fingerprint density at radius 3 is 2.38 bits per heavy atom. The lowest BCUT2D eigenvalue weighted by Crippen LogP contribution is -2.35. The molecule has 0 spiro atoms. The summed E-state index contributed by atoms with van der Waals surface area (Å²) in [5, 5.41) is 15.5. The van der Waals surface area contributed by atoms with Crippen LogP contribution >= 0.6 is 0 Å². The fourth-order valence-electron chi connectivity index (χ4n) is 2.09. The first-order valence-corrected chi connectivity index (χ1v) is 7.42. The second-order valence-electron chi connectivity index (χ2n) is 7.62. The maximum Gasteiger partial charge on any atom is 0.0729 e. The number of aromatic nitrogens is 4. The highest BCUT2D eigenvalue weighted by Crippen LogP contribution is 2.26. The van der Waals surface area contributed by atoms with Crippen molar-refractivity contribution in [1.82, 2.24) is 25.3 Å². The first kappa shape index (κ1) is 15.8. The van der Waals surface area contributed by atoms with Gasteiger partial charge < -0.3 is 5.32 Å². The van der Waals surface area contributed by atoms with Crippen molar-refractivity contribution in [3.05, 3.63) is 23.7 Å². The Hall–Kier alpha value is -1.62. The normalized spacial score (nSPS) is 12.9. The van der Waals surface area contributed by atoms with E-state index in [1.165, 1.54) is 5.56 Å². The van der Waals surface area contributed by atoms with E-state index in [0.29, 0.717) is 0 Å². The van der Waals surface area contributed by atoms with Crippen molar-refractivity contribution < 1.29 is 0 Å². The van der Waals surface area contributed by atoms with Crippen LogP contribution in [0.2, 0.25) is 0 Å². The highest BCUT2D eigenvalue weighted by atomic mass is 15.3. The monoisotopic (exact) mass is 289 g/mol. The zero-order valence-corrected chi connectivity index (χ0v) is 14.2. The quantitative estimate of drug-likeness (QED) is 0.912. The minimum absolute atomic E-state index is 0.0210. The third-order valence-electron chi connectivity index (χ3n) is 3.38. The number of rotatable bonds is 3. The molecule has 0 radical (unpaired) electrons. The van der Waals surface area contributed by atoms with E-state index in [0.717, 1.165) is 23.5 Å². The van der Waals surface area contributed by atoms with Gasteiger partial charge in [-0.25, -0.2) is 0 Å². The molecule has 2 heterocycles. The molecule has 0 saturated carbocycles. The fraction of sp³-hybridized carbons (Fsp3) is 0.625. The van der Waals surface area contributed by atoms with Crippen molar-refractivity contribution in [1.29, 1.82) is 0 Å². The maximum absolute atomic E-state index is 4.64. The number of hydrogen-bond donors (Lipinski definition) is 2. The van der Waals surface area contributed by atoms with Crippen LogP contribution in [0.25, 0.3) is 11.3 Å². The Morgan fingerprint density at radius 2 is 1.86 bits per heavy atom. The molecule has 0 aromatic carbocycles. The van der Waals surface area contributed by atoms with Gasteiger partial charge in [0.15, 0.2) is 0 Å². The van der Waals surface area contributed by atoms with E-state index in [1.54, 1.807) is 0 Å². The molecule has 0 bridgehead atoms. The third kappa shape index (κ3) is 3.73. The summed E-state index contributed by atoms with van der Waals surface area (Å²) in [6.45, 7) is 15.8. The maximum atomic E-state index is 4.64. The smallest absolute Gasteiger partial charge is 0.0729 e. The minimum Gasteiger partial charge on any atom is -0.308 e. The zero-order chi connectivity index (χ0) is 15.8. The average molecular weight is 289 g/mol. The van der Waals surface area contributed by atoms with Crippen LogP contribution < -0.4 is 5.32 Å². The lowest BCUT2D eigenvalue weighted by molar-refractivity contribution is 0.354. The topological polar surface area (TPSA) is 58.5 Å². The molecule has 0 saturated heterocycles. The van der Waals surface area contributed by atoms with Crippen LogP contribution in [0.15, 0.2) is 12.4 Å². The largest absolute Gasteiger partial charge is 0.308 e. The summed E-state index contributed by atoms with van der Waals surface area (Å²) in [5.41, 5.74) is 4.42. The highest BCUT2D eigenvalue weighted by Gasteiger charge is 2.20. The summed E-state index contributed by atoms with van der Waals surface area (Å²) < 4.78 is 2.01. The second kappa shape index (κ2) is 5.30. The molecule has 0 atom stereocenters. The van der Waals surface area contributed by atoms with Gasteiger partial charge in [-0.15, -0.1) is 0 Å². The zero-order valence-electron chi connectivity index (χ0n) is 14.2. The molecule has 21 heavy (non-hydrogen) atoms. The molecule has 5 heteroatoms. The first-order valence-electron chi connectivity index (χ1n) is 7.42. The van der Waals surface area contributed by atoms with Crippen molar-refractivity contribution in [2.75, 3.05) is 0 Å². The van der Waals surface area contributed by atoms with Gasteiger partial charge in [0.25, 0.3) is 0 Å². The first-order chi connectivity index (χ1) is 9.58. The van der Waals surface area contributed by atoms with Crippen LogP contribution in [0.4, 0.5) is 0 Å². The van der Waals surface area contributed by atoms with Crippen LogP contribution in [0.5, 0.6) is 0 Å². The molecule has 2 aromatic heterocycles. The standard InChI is InChI=1S/C16H27N5/c1-11-13(10-21(20-11)16(5,6)7)14-12(9-18-19-14)8-17-15(2,3)4/h9-10,17H,8H2,1-7H3,(H,18,19). The molecular weight excluding hydrogens is 262 g/mol. The summed E-state index contributed by atoms with van der Waals surface area (Å²) >= 11 is 0. The Balaban J connectivity index is 2.31. The number of aryl methyl sites for hydroxylation is 1. The van der Waals surface area contributed by atoms with Crippen LogP contribution in [-0.4, -0.2) is 25.5 Å². The number of H-pyrrole nitrogens is 1. The molecule has 2 aromatic rings. The Bertz CT molecular complexity index is 607. The third-order valence-corrected chi connectivity index (χ3v) is 3.38. The van der Waals surface area contributed by atoms with E-state index < -0.39 is 0 Å². The van der Waals surface area contributed by atoms with Gasteiger partial charge in [-0.1, -0.05) is 0 Å². The van der Waals surface area contributed by atoms with Crippen molar-refractivity contribution in [3.63, 3.8) is 0 Å². The van der Waals surface area contributed by atoms with Crippen molar-refractivity contribution >= 4 is 0 Å². The van der Waals surface area contributed by atoms with E-state index in [4.69, 9.17) is 0 Å². The second-order valence-corrected chi connectivity index (χ2v) is 7.62. The predicted octanol–water partition coefficient (Wildman–Crippen LogP) is 3.22. The van der Waals surface area contributed by atoms with E-state index in [9.17, 15) is 0 Å². The molecule has 0 fully saturated rings. The van der Waals surface area contributed by atoms with Gasteiger partial charge in [0.2, 0.25) is 0 Å². The van der Waals surface area contributed by atoms with E-state index in [2.05, 4.69) is 68.4 Å². The Kier molecular flexibility index (Phi) is 3.97. The van der Waals surface area contributed by atoms with E-state index in [1.807, 2.05) is 17.8 Å². The average Bonchev–Trinajstić information content (AvgIpc) is 2.90. The Morgan fingerprint density at radius 1 is 1.19 bits per heavy atom. The van der Waals surface area contributed by atoms with E-state index >= 15 is 0 Å². The Labute approximate surface area is 127 Å². The lowest BCUT2D eigenvalue weighted by atomic mass is 10.1. The molecule has 0 unspecified atom stereocenters. The molecule has 2 N–H and O–H groups in total. The molecule has 0 aliphatic rings. The predicted molar refractivity (Wildman–Crippen MR) is 86.1 cm³/mol. The lowest BCUT2D eigenvalue weighted by Gasteiger charge is -2.20. The SMILES string of the molecule is Cc1nn(C(C)(C)C)cc1-c1[nH]ncc1CNC(C)(C)C. The molecule has 5 nitrogen and oxygen atoms in total. The van der Waals surface area contributed by atoms with Crippen LogP contribution in [-0.2, 0) is 12.1 Å². The summed E-state index contributed by atoms with van der Waals surface area (Å²) in [6, 6.07) is 0. The highest BCUT2D eigenvalue weighted by molar-refractivity contribution is 5.64. The number of nitrogens with one attached hydrogen (secondary N) is 2. The molecule has 2 rings (SSSR count). The molecular formula is C16H27N5. The van der Waals surface area contributed by atoms with Gasteiger partial charge in [0, 0.05) is 29.4 Å². The van der Waals surface area contributed by atoms with Gasteiger partial charge in [-0.05, 0) is 48.5 Å². The van der Waals surface area contributed by atoms with Gasteiger partial charge in [-0.3, -0.25) is 9.78 Å². The summed E-state index contributed by atoms with van der Waals surface area (Å²) in [4.78, 5) is 0. The number of aromatic amines is 1. The van der Waals surface area contributed by atoms with Crippen LogP contribution in [0.1, 0.15) is 52.8 Å². The fourth-order valence-corrected chi connectivity index (χ4v) is 2.09. The van der Waals surface area contributed by atoms with Crippen molar-refractivity contribution in [2.45, 2.75) is 66.1 Å². The minimum atomic E-state index is -0.0210. The van der Waals surface area contributed by atoms with Crippen LogP contribution in [0.3, 0.4) is 0 Å². The molecule has 116 valence electrons. The number of nitrogens with zero attached hydrogens (tertiary/aromatic N) is 3. The van der Waals surface area contributed by atoms with Gasteiger partial charge >= 0.3 is 0 Å². The van der Waals surface area contributed by atoms with Crippen molar-refractivity contribution in [2.24, 2.45) is 0 Å². The summed E-state index contributed by atoms with van der Waals surface area (Å²) in [5.74, 6) is 0.